The molecule has 0 amide bonds. The molecule has 16 heavy (non-hydrogen) atoms. The van der Waals surface area contributed by atoms with E-state index in [4.69, 9.17) is 9.16 Å². The van der Waals surface area contributed by atoms with Gasteiger partial charge in [-0.15, -0.1) is 0 Å². The molecular formula is C13H28O2Si. The minimum absolute atomic E-state index is 0.209. The maximum absolute atomic E-state index is 6.13. The molecule has 0 aliphatic carbocycles. The molecule has 0 aromatic heterocycles. The predicted octanol–water partition coefficient (Wildman–Crippen LogP) is 4.54. The summed E-state index contributed by atoms with van der Waals surface area (Å²) in [6, 6.07) is 0. The maximum Gasteiger partial charge on any atom is 0.261 e. The van der Waals surface area contributed by atoms with Crippen LogP contribution in [0.15, 0.2) is 12.0 Å². The van der Waals surface area contributed by atoms with Crippen molar-refractivity contribution in [2.24, 2.45) is 5.92 Å². The molecule has 0 radical (unpaired) electrons. The molecule has 0 atom stereocenters. The highest BCUT2D eigenvalue weighted by molar-refractivity contribution is 6.74. The van der Waals surface area contributed by atoms with Crippen molar-refractivity contribution in [1.82, 2.24) is 0 Å². The summed E-state index contributed by atoms with van der Waals surface area (Å²) < 4.78 is 11.7. The summed E-state index contributed by atoms with van der Waals surface area (Å²) in [5, 5.41) is 0.209. The molecule has 0 aromatic rings. The van der Waals surface area contributed by atoms with Crippen molar-refractivity contribution in [2.75, 3.05) is 6.61 Å². The van der Waals surface area contributed by atoms with Crippen molar-refractivity contribution >= 4 is 8.32 Å². The summed E-state index contributed by atoms with van der Waals surface area (Å²) in [6.07, 6.45) is 2.06. The number of rotatable bonds is 5. The molecule has 0 spiro atoms. The first-order valence-corrected chi connectivity index (χ1v) is 9.04. The first-order chi connectivity index (χ1) is 7.10. The Morgan fingerprint density at radius 3 is 2.06 bits per heavy atom. The van der Waals surface area contributed by atoms with Crippen LogP contribution in [0.1, 0.15) is 41.5 Å². The average Bonchev–Trinajstić information content (AvgIpc) is 1.99. The van der Waals surface area contributed by atoms with Crippen LogP contribution in [-0.2, 0) is 9.16 Å². The van der Waals surface area contributed by atoms with Gasteiger partial charge in [0.1, 0.15) is 0 Å². The Balaban J connectivity index is 4.76. The molecule has 0 unspecified atom stereocenters. The average molecular weight is 244 g/mol. The number of hydrogen-bond donors (Lipinski definition) is 0. The Kier molecular flexibility index (Phi) is 5.60. The quantitative estimate of drug-likeness (QED) is 0.522. The summed E-state index contributed by atoms with van der Waals surface area (Å²) >= 11 is 0. The van der Waals surface area contributed by atoms with Gasteiger partial charge in [-0.1, -0.05) is 34.6 Å². The molecule has 0 saturated heterocycles. The van der Waals surface area contributed by atoms with E-state index in [0.29, 0.717) is 18.5 Å². The zero-order valence-corrected chi connectivity index (χ0v) is 13.2. The largest absolute Gasteiger partial charge is 0.519 e. The number of ether oxygens (including phenoxy) is 1. The molecule has 0 fully saturated rings. The number of allylic oxidation sites excluding steroid dienone is 1. The van der Waals surface area contributed by atoms with E-state index in [-0.39, 0.29) is 5.04 Å². The molecular weight excluding hydrogens is 216 g/mol. The predicted molar refractivity (Wildman–Crippen MR) is 72.8 cm³/mol. The van der Waals surface area contributed by atoms with Crippen molar-refractivity contribution in [2.45, 2.75) is 59.7 Å². The van der Waals surface area contributed by atoms with Crippen molar-refractivity contribution in [1.29, 1.82) is 0 Å². The fourth-order valence-electron chi connectivity index (χ4n) is 0.931. The molecule has 0 rings (SSSR count). The highest BCUT2D eigenvalue weighted by Gasteiger charge is 2.39. The Bertz CT molecular complexity index is 237. The van der Waals surface area contributed by atoms with Gasteiger partial charge in [0.05, 0.1) is 6.61 Å². The minimum atomic E-state index is -1.77. The molecule has 0 saturated carbocycles. The van der Waals surface area contributed by atoms with Crippen LogP contribution in [0.4, 0.5) is 0 Å². The van der Waals surface area contributed by atoms with Gasteiger partial charge in [-0.2, -0.15) is 0 Å². The molecule has 2 nitrogen and oxygen atoms in total. The zero-order valence-electron chi connectivity index (χ0n) is 12.2. The van der Waals surface area contributed by atoms with Crippen LogP contribution in [0.25, 0.3) is 0 Å². The lowest BCUT2D eigenvalue weighted by Crippen LogP contribution is -2.40. The van der Waals surface area contributed by atoms with Crippen LogP contribution < -0.4 is 0 Å². The van der Waals surface area contributed by atoms with Crippen LogP contribution in [0.2, 0.25) is 18.1 Å². The summed E-state index contributed by atoms with van der Waals surface area (Å²) in [6.45, 7) is 18.1. The normalized spacial score (nSPS) is 14.2. The van der Waals surface area contributed by atoms with E-state index in [2.05, 4.69) is 53.8 Å². The van der Waals surface area contributed by atoms with Gasteiger partial charge in [0.25, 0.3) is 14.3 Å². The van der Waals surface area contributed by atoms with E-state index < -0.39 is 8.32 Å². The molecule has 96 valence electrons. The molecule has 0 aliphatic heterocycles. The van der Waals surface area contributed by atoms with E-state index in [9.17, 15) is 0 Å². The van der Waals surface area contributed by atoms with Crippen LogP contribution in [0.5, 0.6) is 0 Å². The van der Waals surface area contributed by atoms with Gasteiger partial charge in [-0.3, -0.25) is 0 Å². The smallest absolute Gasteiger partial charge is 0.261 e. The maximum atomic E-state index is 6.13. The van der Waals surface area contributed by atoms with Crippen molar-refractivity contribution < 1.29 is 9.16 Å². The lowest BCUT2D eigenvalue weighted by molar-refractivity contribution is 0.105. The van der Waals surface area contributed by atoms with E-state index in [1.807, 2.05) is 6.92 Å². The van der Waals surface area contributed by atoms with Crippen LogP contribution >= 0.6 is 0 Å². The molecule has 0 bridgehead atoms. The number of hydrogen-bond acceptors (Lipinski definition) is 2. The van der Waals surface area contributed by atoms with Crippen molar-refractivity contribution in [3.8, 4) is 0 Å². The van der Waals surface area contributed by atoms with Crippen molar-refractivity contribution in [3.05, 3.63) is 12.0 Å². The second kappa shape index (κ2) is 5.76. The second-order valence-corrected chi connectivity index (χ2v) is 10.7. The van der Waals surface area contributed by atoms with Gasteiger partial charge in [-0.05, 0) is 37.0 Å². The van der Waals surface area contributed by atoms with Gasteiger partial charge in [0.2, 0.25) is 0 Å². The minimum Gasteiger partial charge on any atom is -0.519 e. The lowest BCUT2D eigenvalue weighted by Gasteiger charge is -2.36. The summed E-state index contributed by atoms with van der Waals surface area (Å²) in [5.74, 6) is 1.16. The first kappa shape index (κ1) is 15.6. The Morgan fingerprint density at radius 1 is 1.25 bits per heavy atom. The summed E-state index contributed by atoms with van der Waals surface area (Å²) in [7, 11) is -1.77. The van der Waals surface area contributed by atoms with Crippen LogP contribution in [0, 0.1) is 5.92 Å². The molecule has 0 N–H and O–H groups in total. The highest BCUT2D eigenvalue weighted by Crippen LogP contribution is 2.38. The topological polar surface area (TPSA) is 18.5 Å². The van der Waals surface area contributed by atoms with E-state index >= 15 is 0 Å². The van der Waals surface area contributed by atoms with Gasteiger partial charge in [-0.25, -0.2) is 0 Å². The van der Waals surface area contributed by atoms with E-state index in [0.717, 1.165) is 0 Å². The standard InChI is InChI=1S/C13H28O2Si/c1-9-14-12(10-11(2)3)15-16(7,8)13(4,5)6/h10-11H,9H2,1-8H3/b12-10+. The Labute approximate surface area is 102 Å². The highest BCUT2D eigenvalue weighted by atomic mass is 28.4. The summed E-state index contributed by atoms with van der Waals surface area (Å²) in [5.41, 5.74) is 0. The van der Waals surface area contributed by atoms with Crippen LogP contribution in [0.3, 0.4) is 0 Å². The second-order valence-electron chi connectivity index (χ2n) is 6.03. The summed E-state index contributed by atoms with van der Waals surface area (Å²) in [4.78, 5) is 0. The monoisotopic (exact) mass is 244 g/mol. The van der Waals surface area contributed by atoms with Gasteiger partial charge >= 0.3 is 0 Å². The fourth-order valence-corrected chi connectivity index (χ4v) is 1.87. The van der Waals surface area contributed by atoms with Gasteiger partial charge in [0.15, 0.2) is 0 Å². The molecule has 0 aliphatic rings. The zero-order chi connectivity index (χ0) is 13.0. The van der Waals surface area contributed by atoms with Crippen molar-refractivity contribution in [3.63, 3.8) is 0 Å². The third kappa shape index (κ3) is 5.06. The third-order valence-corrected chi connectivity index (χ3v) is 7.24. The SMILES string of the molecule is CCO/C(=C\C(C)C)O[Si](C)(C)C(C)(C)C. The molecule has 3 heteroatoms. The Hall–Kier alpha value is -0.443. The first-order valence-electron chi connectivity index (χ1n) is 6.13. The molecule has 0 aromatic carbocycles. The van der Waals surface area contributed by atoms with Gasteiger partial charge < -0.3 is 9.16 Å². The third-order valence-electron chi connectivity index (χ3n) is 2.92. The fraction of sp³-hybridized carbons (Fsp3) is 0.846. The van der Waals surface area contributed by atoms with Gasteiger partial charge in [0, 0.05) is 0 Å². The van der Waals surface area contributed by atoms with E-state index in [1.54, 1.807) is 0 Å². The molecule has 0 heterocycles. The Morgan fingerprint density at radius 2 is 1.75 bits per heavy atom. The van der Waals surface area contributed by atoms with Crippen LogP contribution in [-0.4, -0.2) is 14.9 Å². The van der Waals surface area contributed by atoms with E-state index in [1.165, 1.54) is 0 Å². The lowest BCUT2D eigenvalue weighted by atomic mass is 10.2.